The number of amides is 2. The molecule has 0 aliphatic carbocycles. The summed E-state index contributed by atoms with van der Waals surface area (Å²) in [7, 11) is 0. The van der Waals surface area contributed by atoms with E-state index >= 15 is 0 Å². The largest absolute Gasteiger partial charge is 0.329 e. The highest BCUT2D eigenvalue weighted by Crippen LogP contribution is 2.29. The van der Waals surface area contributed by atoms with Crippen molar-refractivity contribution in [1.82, 2.24) is 4.90 Å². The molecule has 0 bridgehead atoms. The number of carbonyl (C=O) groups is 2. The zero-order chi connectivity index (χ0) is 13.6. The van der Waals surface area contributed by atoms with Crippen molar-refractivity contribution in [2.24, 2.45) is 0 Å². The maximum Gasteiger partial charge on any atom is 0.250 e. The van der Waals surface area contributed by atoms with Gasteiger partial charge < -0.3 is 9.80 Å². The van der Waals surface area contributed by atoms with Crippen LogP contribution in [-0.2, 0) is 9.59 Å². The Balaban J connectivity index is 1.98. The maximum absolute atomic E-state index is 12.5. The fourth-order valence-corrected chi connectivity index (χ4v) is 3.02. The Morgan fingerprint density at radius 1 is 1.21 bits per heavy atom. The van der Waals surface area contributed by atoms with Crippen molar-refractivity contribution in [3.63, 3.8) is 0 Å². The van der Waals surface area contributed by atoms with E-state index in [1.807, 2.05) is 32.0 Å². The lowest BCUT2D eigenvalue weighted by atomic mass is 10.1. The van der Waals surface area contributed by atoms with Crippen LogP contribution in [0.2, 0.25) is 0 Å². The number of fused-ring (bicyclic) bond motifs is 1. The molecule has 4 nitrogen and oxygen atoms in total. The van der Waals surface area contributed by atoms with Crippen LogP contribution in [0.3, 0.4) is 0 Å². The lowest BCUT2D eigenvalue weighted by molar-refractivity contribution is -0.140. The van der Waals surface area contributed by atoms with Crippen LogP contribution in [0.25, 0.3) is 0 Å². The summed E-state index contributed by atoms with van der Waals surface area (Å²) in [5.74, 6) is 0.147. The Morgan fingerprint density at radius 3 is 2.79 bits per heavy atom. The first-order chi connectivity index (χ1) is 9.08. The molecule has 0 radical (unpaired) electrons. The Kier molecular flexibility index (Phi) is 2.81. The summed E-state index contributed by atoms with van der Waals surface area (Å²) in [4.78, 5) is 28.1. The molecule has 0 spiro atoms. The van der Waals surface area contributed by atoms with E-state index in [9.17, 15) is 9.59 Å². The van der Waals surface area contributed by atoms with Crippen molar-refractivity contribution in [2.45, 2.75) is 32.7 Å². The third-order valence-electron chi connectivity index (χ3n) is 4.07. The molecule has 2 heterocycles. The molecule has 3 rings (SSSR count). The predicted molar refractivity (Wildman–Crippen MR) is 73.0 cm³/mol. The fraction of sp³-hybridized carbons (Fsp3) is 0.467. The molecular formula is C15H18N2O2. The highest BCUT2D eigenvalue weighted by molar-refractivity contribution is 6.07. The second-order valence-electron chi connectivity index (χ2n) is 5.46. The molecule has 1 aromatic rings. The summed E-state index contributed by atoms with van der Waals surface area (Å²) in [5, 5.41) is 0. The van der Waals surface area contributed by atoms with Crippen LogP contribution in [0.4, 0.5) is 5.69 Å². The Hall–Kier alpha value is -1.84. The lowest BCUT2D eigenvalue weighted by Crippen LogP contribution is -2.57. The quantitative estimate of drug-likeness (QED) is 0.768. The fourth-order valence-electron chi connectivity index (χ4n) is 3.02. The smallest absolute Gasteiger partial charge is 0.250 e. The van der Waals surface area contributed by atoms with Crippen molar-refractivity contribution in [2.75, 3.05) is 18.0 Å². The molecule has 2 aliphatic heterocycles. The molecule has 0 aromatic heterocycles. The molecule has 1 unspecified atom stereocenters. The number of rotatable bonds is 1. The average Bonchev–Trinajstić information content (AvgIpc) is 2.87. The van der Waals surface area contributed by atoms with Crippen molar-refractivity contribution in [3.8, 4) is 0 Å². The Morgan fingerprint density at radius 2 is 2.00 bits per heavy atom. The first kappa shape index (κ1) is 12.2. The van der Waals surface area contributed by atoms with Crippen LogP contribution in [0.1, 0.15) is 24.0 Å². The molecule has 2 aliphatic rings. The highest BCUT2D eigenvalue weighted by Gasteiger charge is 2.42. The summed E-state index contributed by atoms with van der Waals surface area (Å²) < 4.78 is 0. The normalized spacial score (nSPS) is 22.9. The molecule has 0 saturated carbocycles. The molecule has 100 valence electrons. The molecule has 0 N–H and O–H groups in total. The van der Waals surface area contributed by atoms with Gasteiger partial charge in [0, 0.05) is 12.2 Å². The topological polar surface area (TPSA) is 40.6 Å². The van der Waals surface area contributed by atoms with Gasteiger partial charge in [-0.2, -0.15) is 0 Å². The van der Waals surface area contributed by atoms with Crippen LogP contribution in [0.5, 0.6) is 0 Å². The second-order valence-corrected chi connectivity index (χ2v) is 5.46. The molecule has 4 heteroatoms. The first-order valence-corrected chi connectivity index (χ1v) is 6.76. The molecule has 19 heavy (non-hydrogen) atoms. The third kappa shape index (κ3) is 1.91. The maximum atomic E-state index is 12.5. The number of hydrogen-bond acceptors (Lipinski definition) is 2. The van der Waals surface area contributed by atoms with Gasteiger partial charge in [0.15, 0.2) is 0 Å². The number of aryl methyl sites for hydroxylation is 2. The molecule has 2 saturated heterocycles. The van der Waals surface area contributed by atoms with Crippen LogP contribution in [-0.4, -0.2) is 35.8 Å². The van der Waals surface area contributed by atoms with Gasteiger partial charge in [0.25, 0.3) is 0 Å². The summed E-state index contributed by atoms with van der Waals surface area (Å²) in [6.45, 7) is 4.89. The van der Waals surface area contributed by atoms with E-state index in [2.05, 4.69) is 0 Å². The van der Waals surface area contributed by atoms with E-state index in [-0.39, 0.29) is 24.4 Å². The zero-order valence-corrected chi connectivity index (χ0v) is 11.3. The SMILES string of the molecule is Cc1ccc(C)c(N2CC(=O)N3CCCC3C2=O)c1. The van der Waals surface area contributed by atoms with Gasteiger partial charge in [-0.05, 0) is 43.9 Å². The summed E-state index contributed by atoms with van der Waals surface area (Å²) >= 11 is 0. The molecule has 2 fully saturated rings. The number of piperazine rings is 1. The average molecular weight is 258 g/mol. The lowest BCUT2D eigenvalue weighted by Gasteiger charge is -2.37. The molecular weight excluding hydrogens is 240 g/mol. The van der Waals surface area contributed by atoms with E-state index < -0.39 is 0 Å². The summed E-state index contributed by atoms with van der Waals surface area (Å²) in [6.07, 6.45) is 1.73. The van der Waals surface area contributed by atoms with Crippen LogP contribution in [0, 0.1) is 13.8 Å². The van der Waals surface area contributed by atoms with Crippen LogP contribution >= 0.6 is 0 Å². The number of carbonyl (C=O) groups excluding carboxylic acids is 2. The van der Waals surface area contributed by atoms with Gasteiger partial charge in [-0.15, -0.1) is 0 Å². The van der Waals surface area contributed by atoms with Gasteiger partial charge in [-0.1, -0.05) is 12.1 Å². The van der Waals surface area contributed by atoms with Crippen LogP contribution in [0.15, 0.2) is 18.2 Å². The van der Waals surface area contributed by atoms with Gasteiger partial charge in [0.2, 0.25) is 11.8 Å². The summed E-state index contributed by atoms with van der Waals surface area (Å²) in [6, 6.07) is 5.78. The number of nitrogens with zero attached hydrogens (tertiary/aromatic N) is 2. The van der Waals surface area contributed by atoms with E-state index in [0.717, 1.165) is 36.2 Å². The number of anilines is 1. The van der Waals surface area contributed by atoms with Gasteiger partial charge >= 0.3 is 0 Å². The van der Waals surface area contributed by atoms with E-state index in [4.69, 9.17) is 0 Å². The van der Waals surface area contributed by atoms with Crippen molar-refractivity contribution in [3.05, 3.63) is 29.3 Å². The van der Waals surface area contributed by atoms with Gasteiger partial charge in [0.05, 0.1) is 0 Å². The van der Waals surface area contributed by atoms with Gasteiger partial charge in [-0.25, -0.2) is 0 Å². The monoisotopic (exact) mass is 258 g/mol. The second kappa shape index (κ2) is 4.37. The Bertz CT molecular complexity index is 553. The van der Waals surface area contributed by atoms with Crippen molar-refractivity contribution >= 4 is 17.5 Å². The predicted octanol–water partition coefficient (Wildman–Crippen LogP) is 1.64. The van der Waals surface area contributed by atoms with Gasteiger partial charge in [-0.3, -0.25) is 9.59 Å². The number of benzene rings is 1. The third-order valence-corrected chi connectivity index (χ3v) is 4.07. The van der Waals surface area contributed by atoms with Crippen molar-refractivity contribution < 1.29 is 9.59 Å². The van der Waals surface area contributed by atoms with Gasteiger partial charge in [0.1, 0.15) is 12.6 Å². The first-order valence-electron chi connectivity index (χ1n) is 6.76. The molecule has 1 atom stereocenters. The van der Waals surface area contributed by atoms with Crippen molar-refractivity contribution in [1.29, 1.82) is 0 Å². The van der Waals surface area contributed by atoms with Crippen LogP contribution < -0.4 is 4.90 Å². The highest BCUT2D eigenvalue weighted by atomic mass is 16.2. The zero-order valence-electron chi connectivity index (χ0n) is 11.3. The minimum Gasteiger partial charge on any atom is -0.329 e. The Labute approximate surface area is 113 Å². The van der Waals surface area contributed by atoms with E-state index in [1.165, 1.54) is 0 Å². The standard InChI is InChI=1S/C15H18N2O2/c1-10-5-6-11(2)13(8-10)17-9-14(18)16-7-3-4-12(16)15(17)19/h5-6,8,12H,3-4,7,9H2,1-2H3. The summed E-state index contributed by atoms with van der Waals surface area (Å²) in [5.41, 5.74) is 3.03. The molecule has 2 amide bonds. The minimum absolute atomic E-state index is 0.0722. The molecule has 1 aromatic carbocycles. The number of hydrogen-bond donors (Lipinski definition) is 0. The van der Waals surface area contributed by atoms with E-state index in [0.29, 0.717) is 0 Å². The van der Waals surface area contributed by atoms with E-state index in [1.54, 1.807) is 9.80 Å². The minimum atomic E-state index is -0.235.